The maximum absolute atomic E-state index is 10.7. The van der Waals surface area contributed by atoms with Gasteiger partial charge >= 0.3 is 5.97 Å². The van der Waals surface area contributed by atoms with Gasteiger partial charge in [0.15, 0.2) is 0 Å². The second-order valence-corrected chi connectivity index (χ2v) is 3.51. The minimum absolute atomic E-state index is 0.296. The monoisotopic (exact) mass is 202 g/mol. The smallest absolute Gasteiger partial charge is 0.298 e. The van der Waals surface area contributed by atoms with Gasteiger partial charge in [-0.2, -0.15) is 4.89 Å². The van der Waals surface area contributed by atoms with Crippen LogP contribution < -0.4 is 0 Å². The molecule has 0 amide bonds. The van der Waals surface area contributed by atoms with Gasteiger partial charge in [0.05, 0.1) is 6.61 Å². The lowest BCUT2D eigenvalue weighted by Gasteiger charge is -2.12. The Balaban J connectivity index is 3.46. The molecule has 0 aliphatic heterocycles. The first-order valence-corrected chi connectivity index (χ1v) is 5.56. The fourth-order valence-corrected chi connectivity index (χ4v) is 1.15. The predicted octanol–water partition coefficient (Wildman–Crippen LogP) is 3.09. The van der Waals surface area contributed by atoms with E-state index >= 15 is 0 Å². The Labute approximate surface area is 86.7 Å². The highest BCUT2D eigenvalue weighted by atomic mass is 17.2. The maximum atomic E-state index is 10.7. The number of carbonyl (C=O) groups is 1. The average Bonchev–Trinajstić information content (AvgIpc) is 2.22. The third-order valence-corrected chi connectivity index (χ3v) is 2.29. The van der Waals surface area contributed by atoms with Crippen molar-refractivity contribution in [2.45, 2.75) is 52.9 Å². The fraction of sp³-hybridized carbons (Fsp3) is 0.909. The van der Waals surface area contributed by atoms with Gasteiger partial charge in [0.2, 0.25) is 0 Å². The van der Waals surface area contributed by atoms with E-state index in [9.17, 15) is 4.79 Å². The quantitative estimate of drug-likeness (QED) is 0.448. The molecule has 0 heterocycles. The molecular weight excluding hydrogens is 180 g/mol. The van der Waals surface area contributed by atoms with E-state index in [1.54, 1.807) is 6.92 Å². The standard InChI is InChI=1S/C11H22O3/c1-4-7-8-10(5-2)9-13-14-11(12)6-3/h10H,4-9H2,1-3H3. The first-order valence-electron chi connectivity index (χ1n) is 5.56. The van der Waals surface area contributed by atoms with Crippen LogP contribution in [0.3, 0.4) is 0 Å². The van der Waals surface area contributed by atoms with Crippen LogP contribution in [0.15, 0.2) is 0 Å². The molecule has 0 rings (SSSR count). The molecule has 14 heavy (non-hydrogen) atoms. The van der Waals surface area contributed by atoms with Gasteiger partial charge in [-0.25, -0.2) is 4.79 Å². The topological polar surface area (TPSA) is 35.5 Å². The van der Waals surface area contributed by atoms with Crippen LogP contribution in [0.2, 0.25) is 0 Å². The highest BCUT2D eigenvalue weighted by molar-refractivity contribution is 5.68. The average molecular weight is 202 g/mol. The SMILES string of the molecule is CCCCC(CC)COOC(=O)CC. The molecule has 0 aromatic rings. The highest BCUT2D eigenvalue weighted by Crippen LogP contribution is 2.12. The maximum Gasteiger partial charge on any atom is 0.342 e. The second-order valence-electron chi connectivity index (χ2n) is 3.51. The van der Waals surface area contributed by atoms with Crippen molar-refractivity contribution >= 4 is 5.97 Å². The summed E-state index contributed by atoms with van der Waals surface area (Å²) >= 11 is 0. The molecule has 0 spiro atoms. The van der Waals surface area contributed by atoms with Crippen molar-refractivity contribution in [3.63, 3.8) is 0 Å². The zero-order valence-corrected chi connectivity index (χ0v) is 9.54. The fourth-order valence-electron chi connectivity index (χ4n) is 1.15. The van der Waals surface area contributed by atoms with Gasteiger partial charge in [0.1, 0.15) is 0 Å². The first kappa shape index (κ1) is 13.4. The molecule has 0 saturated heterocycles. The number of hydrogen-bond donors (Lipinski definition) is 0. The largest absolute Gasteiger partial charge is 0.342 e. The van der Waals surface area contributed by atoms with Gasteiger partial charge in [-0.3, -0.25) is 4.89 Å². The number of hydrogen-bond acceptors (Lipinski definition) is 3. The summed E-state index contributed by atoms with van der Waals surface area (Å²) in [5.41, 5.74) is 0. The molecule has 0 aliphatic rings. The Morgan fingerprint density at radius 3 is 2.50 bits per heavy atom. The van der Waals surface area contributed by atoms with Gasteiger partial charge in [-0.15, -0.1) is 0 Å². The van der Waals surface area contributed by atoms with Crippen molar-refractivity contribution in [2.24, 2.45) is 5.92 Å². The summed E-state index contributed by atoms with van der Waals surface area (Å²) in [5, 5.41) is 0. The highest BCUT2D eigenvalue weighted by Gasteiger charge is 2.08. The molecule has 3 nitrogen and oxygen atoms in total. The molecule has 0 aliphatic carbocycles. The minimum atomic E-state index is -0.296. The summed E-state index contributed by atoms with van der Waals surface area (Å²) in [6.45, 7) is 6.58. The Morgan fingerprint density at radius 2 is 2.00 bits per heavy atom. The van der Waals surface area contributed by atoms with Crippen LogP contribution in [0.25, 0.3) is 0 Å². The van der Waals surface area contributed by atoms with Gasteiger partial charge in [-0.1, -0.05) is 40.0 Å². The number of rotatable bonds is 8. The van der Waals surface area contributed by atoms with Gasteiger partial charge in [-0.05, 0) is 12.3 Å². The summed E-state index contributed by atoms with van der Waals surface area (Å²) < 4.78 is 0. The van der Waals surface area contributed by atoms with Crippen molar-refractivity contribution in [1.82, 2.24) is 0 Å². The van der Waals surface area contributed by atoms with Gasteiger partial charge in [0.25, 0.3) is 0 Å². The third kappa shape index (κ3) is 6.89. The Hall–Kier alpha value is -0.570. The minimum Gasteiger partial charge on any atom is -0.298 e. The van der Waals surface area contributed by atoms with Gasteiger partial charge in [0, 0.05) is 6.42 Å². The number of unbranched alkanes of at least 4 members (excludes halogenated alkanes) is 1. The van der Waals surface area contributed by atoms with E-state index in [2.05, 4.69) is 18.7 Å². The van der Waals surface area contributed by atoms with Crippen molar-refractivity contribution in [1.29, 1.82) is 0 Å². The summed E-state index contributed by atoms with van der Waals surface area (Å²) in [7, 11) is 0. The van der Waals surface area contributed by atoms with Crippen LogP contribution in [-0.2, 0) is 14.6 Å². The van der Waals surface area contributed by atoms with Crippen molar-refractivity contribution < 1.29 is 14.6 Å². The van der Waals surface area contributed by atoms with Crippen LogP contribution in [-0.4, -0.2) is 12.6 Å². The van der Waals surface area contributed by atoms with Crippen molar-refractivity contribution in [2.75, 3.05) is 6.61 Å². The second kappa shape index (κ2) is 9.00. The lowest BCUT2D eigenvalue weighted by atomic mass is 10.0. The third-order valence-electron chi connectivity index (χ3n) is 2.29. The first-order chi connectivity index (χ1) is 6.74. The molecule has 0 saturated carbocycles. The molecule has 84 valence electrons. The Kier molecular flexibility index (Phi) is 8.64. The van der Waals surface area contributed by atoms with E-state index < -0.39 is 0 Å². The van der Waals surface area contributed by atoms with E-state index in [1.165, 1.54) is 12.8 Å². The molecule has 3 heteroatoms. The lowest BCUT2D eigenvalue weighted by Crippen LogP contribution is -2.12. The summed E-state index contributed by atoms with van der Waals surface area (Å²) in [4.78, 5) is 20.2. The van der Waals surface area contributed by atoms with Crippen LogP contribution in [0, 0.1) is 5.92 Å². The van der Waals surface area contributed by atoms with E-state index in [0.29, 0.717) is 18.9 Å². The molecule has 0 radical (unpaired) electrons. The molecule has 1 unspecified atom stereocenters. The number of carbonyl (C=O) groups excluding carboxylic acids is 1. The van der Waals surface area contributed by atoms with Crippen molar-refractivity contribution in [3.05, 3.63) is 0 Å². The van der Waals surface area contributed by atoms with Crippen LogP contribution in [0.4, 0.5) is 0 Å². The molecule has 0 aromatic carbocycles. The van der Waals surface area contributed by atoms with Crippen LogP contribution in [0.5, 0.6) is 0 Å². The summed E-state index contributed by atoms with van der Waals surface area (Å²) in [5.74, 6) is 0.218. The zero-order valence-electron chi connectivity index (χ0n) is 9.54. The molecule has 0 aromatic heterocycles. The van der Waals surface area contributed by atoms with Crippen LogP contribution in [0.1, 0.15) is 52.9 Å². The van der Waals surface area contributed by atoms with E-state index in [4.69, 9.17) is 4.89 Å². The Morgan fingerprint density at radius 1 is 1.29 bits per heavy atom. The van der Waals surface area contributed by atoms with E-state index in [0.717, 1.165) is 12.8 Å². The van der Waals surface area contributed by atoms with Crippen molar-refractivity contribution in [3.8, 4) is 0 Å². The van der Waals surface area contributed by atoms with E-state index in [1.807, 2.05) is 0 Å². The molecular formula is C11H22O3. The zero-order chi connectivity index (χ0) is 10.8. The Bertz CT molecular complexity index is 145. The molecule has 0 bridgehead atoms. The van der Waals surface area contributed by atoms with Gasteiger partial charge < -0.3 is 0 Å². The normalized spacial score (nSPS) is 12.5. The lowest BCUT2D eigenvalue weighted by molar-refractivity contribution is -0.278. The van der Waals surface area contributed by atoms with Crippen LogP contribution >= 0.6 is 0 Å². The summed E-state index contributed by atoms with van der Waals surface area (Å²) in [6.07, 6.45) is 5.00. The predicted molar refractivity (Wildman–Crippen MR) is 55.6 cm³/mol. The molecule has 0 fully saturated rings. The molecule has 1 atom stereocenters. The van der Waals surface area contributed by atoms with E-state index in [-0.39, 0.29) is 5.97 Å². The summed E-state index contributed by atoms with van der Waals surface area (Å²) in [6, 6.07) is 0. The molecule has 0 N–H and O–H groups in total.